The normalized spacial score (nSPS) is 12.1. The van der Waals surface area contributed by atoms with Crippen LogP contribution in [0.15, 0.2) is 29.6 Å². The Hall–Kier alpha value is -2.72. The topological polar surface area (TPSA) is 89.3 Å². The second kappa shape index (κ2) is 8.78. The molecule has 7 heteroatoms. The molecule has 0 spiro atoms. The third kappa shape index (κ3) is 5.63. The van der Waals surface area contributed by atoms with Crippen LogP contribution in [0.2, 0.25) is 0 Å². The summed E-state index contributed by atoms with van der Waals surface area (Å²) >= 11 is 1.24. The number of nitriles is 1. The number of esters is 1. The van der Waals surface area contributed by atoms with Crippen molar-refractivity contribution in [2.24, 2.45) is 0 Å². The smallest absolute Gasteiger partial charge is 0.344 e. The monoisotopic (exact) mass is 386 g/mol. The summed E-state index contributed by atoms with van der Waals surface area (Å²) in [5, 5.41) is 11.4. The van der Waals surface area contributed by atoms with Gasteiger partial charge in [0.15, 0.2) is 24.9 Å². The number of carbonyl (C=O) groups excluding carboxylic acids is 2. The summed E-state index contributed by atoms with van der Waals surface area (Å²) in [4.78, 5) is 28.3. The van der Waals surface area contributed by atoms with E-state index in [9.17, 15) is 14.9 Å². The van der Waals surface area contributed by atoms with Gasteiger partial charge in [-0.25, -0.2) is 9.78 Å². The van der Waals surface area contributed by atoms with E-state index in [0.29, 0.717) is 10.8 Å². The summed E-state index contributed by atoms with van der Waals surface area (Å²) in [5.41, 5.74) is 1.58. The van der Waals surface area contributed by atoms with Gasteiger partial charge in [0.1, 0.15) is 10.8 Å². The van der Waals surface area contributed by atoms with E-state index in [4.69, 9.17) is 9.47 Å². The Kier molecular flexibility index (Phi) is 6.70. The summed E-state index contributed by atoms with van der Waals surface area (Å²) in [7, 11) is 0. The average Bonchev–Trinajstić information content (AvgIpc) is 3.04. The number of ketones is 1. The molecule has 0 aliphatic rings. The second-order valence-corrected chi connectivity index (χ2v) is 7.94. The molecule has 1 atom stereocenters. The predicted molar refractivity (Wildman–Crippen MR) is 102 cm³/mol. The molecule has 1 heterocycles. The molecule has 0 unspecified atom stereocenters. The Morgan fingerprint density at radius 1 is 1.26 bits per heavy atom. The third-order valence-corrected chi connectivity index (χ3v) is 4.78. The SMILES string of the molecule is Cc1csc([C@H](C#N)C(=O)COC(=O)COc2ccccc2C(C)(C)C)n1. The summed E-state index contributed by atoms with van der Waals surface area (Å²) in [6.45, 7) is 7.14. The molecule has 142 valence electrons. The summed E-state index contributed by atoms with van der Waals surface area (Å²) in [6.07, 6.45) is 0. The highest BCUT2D eigenvalue weighted by atomic mass is 32.1. The van der Waals surface area contributed by atoms with E-state index >= 15 is 0 Å². The van der Waals surface area contributed by atoms with Gasteiger partial charge in [0.05, 0.1) is 6.07 Å². The van der Waals surface area contributed by atoms with Gasteiger partial charge in [-0.15, -0.1) is 11.3 Å². The van der Waals surface area contributed by atoms with Gasteiger partial charge in [-0.05, 0) is 24.0 Å². The van der Waals surface area contributed by atoms with Gasteiger partial charge >= 0.3 is 5.97 Å². The Morgan fingerprint density at radius 3 is 2.56 bits per heavy atom. The molecule has 0 saturated heterocycles. The molecule has 0 saturated carbocycles. The first-order valence-electron chi connectivity index (χ1n) is 8.44. The van der Waals surface area contributed by atoms with Crippen molar-refractivity contribution in [3.63, 3.8) is 0 Å². The zero-order chi connectivity index (χ0) is 20.0. The number of aromatic nitrogens is 1. The molecule has 0 amide bonds. The number of benzene rings is 1. The lowest BCUT2D eigenvalue weighted by Gasteiger charge is -2.22. The van der Waals surface area contributed by atoms with E-state index < -0.39 is 24.3 Å². The molecule has 0 aliphatic heterocycles. The zero-order valence-electron chi connectivity index (χ0n) is 15.8. The fraction of sp³-hybridized carbons (Fsp3) is 0.400. The van der Waals surface area contributed by atoms with Crippen molar-refractivity contribution in [1.82, 2.24) is 4.98 Å². The van der Waals surface area contributed by atoms with Crippen molar-refractivity contribution in [1.29, 1.82) is 5.26 Å². The van der Waals surface area contributed by atoms with E-state index in [0.717, 1.165) is 11.3 Å². The van der Waals surface area contributed by atoms with Crippen LogP contribution in [0.1, 0.15) is 43.0 Å². The summed E-state index contributed by atoms with van der Waals surface area (Å²) < 4.78 is 10.5. The van der Waals surface area contributed by atoms with Crippen LogP contribution in [0.3, 0.4) is 0 Å². The number of aryl methyl sites for hydroxylation is 1. The number of carbonyl (C=O) groups is 2. The Balaban J connectivity index is 1.90. The number of ether oxygens (including phenoxy) is 2. The number of hydrogen-bond acceptors (Lipinski definition) is 7. The van der Waals surface area contributed by atoms with E-state index in [1.807, 2.05) is 24.3 Å². The molecular formula is C20H22N2O4S. The van der Waals surface area contributed by atoms with Crippen molar-refractivity contribution in [2.45, 2.75) is 39.0 Å². The number of thiazole rings is 1. The van der Waals surface area contributed by atoms with Gasteiger partial charge in [0.25, 0.3) is 0 Å². The predicted octanol–water partition coefficient (Wildman–Crippen LogP) is 3.55. The quantitative estimate of drug-likeness (QED) is 0.676. The molecule has 27 heavy (non-hydrogen) atoms. The molecule has 0 fully saturated rings. The minimum absolute atomic E-state index is 0.137. The number of Topliss-reactive ketones (excluding diaryl/α,β-unsaturated/α-hetero) is 1. The van der Waals surface area contributed by atoms with E-state index in [-0.39, 0.29) is 12.0 Å². The molecule has 0 aliphatic carbocycles. The van der Waals surface area contributed by atoms with Crippen molar-refractivity contribution in [3.05, 3.63) is 45.9 Å². The van der Waals surface area contributed by atoms with Crippen molar-refractivity contribution in [3.8, 4) is 11.8 Å². The molecule has 1 aromatic carbocycles. The summed E-state index contributed by atoms with van der Waals surface area (Å²) in [6, 6.07) is 9.38. The average molecular weight is 386 g/mol. The second-order valence-electron chi connectivity index (χ2n) is 7.05. The minimum atomic E-state index is -1.03. The standard InChI is InChI=1S/C20H22N2O4S/c1-13-12-27-19(22-13)14(9-21)16(23)10-26-18(24)11-25-17-8-6-5-7-15(17)20(2,3)4/h5-8,12,14H,10-11H2,1-4H3/t14-/m1/s1. The lowest BCUT2D eigenvalue weighted by molar-refractivity contribution is -0.150. The highest BCUT2D eigenvalue weighted by Gasteiger charge is 2.25. The first-order valence-corrected chi connectivity index (χ1v) is 9.32. The molecule has 2 rings (SSSR count). The number of rotatable bonds is 7. The van der Waals surface area contributed by atoms with E-state index in [1.165, 1.54) is 11.3 Å². The lowest BCUT2D eigenvalue weighted by Crippen LogP contribution is -2.23. The number of hydrogen-bond donors (Lipinski definition) is 0. The maximum Gasteiger partial charge on any atom is 0.344 e. The van der Waals surface area contributed by atoms with Crippen LogP contribution in [0.25, 0.3) is 0 Å². The zero-order valence-corrected chi connectivity index (χ0v) is 16.6. The van der Waals surface area contributed by atoms with E-state index in [1.54, 1.807) is 18.4 Å². The molecule has 1 aromatic heterocycles. The maximum atomic E-state index is 12.2. The Morgan fingerprint density at radius 2 is 1.96 bits per heavy atom. The van der Waals surface area contributed by atoms with Crippen LogP contribution in [-0.4, -0.2) is 30.0 Å². The number of para-hydroxylation sites is 1. The van der Waals surface area contributed by atoms with Crippen LogP contribution >= 0.6 is 11.3 Å². The van der Waals surface area contributed by atoms with Crippen LogP contribution in [0, 0.1) is 18.3 Å². The van der Waals surface area contributed by atoms with Gasteiger partial charge in [-0.3, -0.25) is 4.79 Å². The molecular weight excluding hydrogens is 364 g/mol. The van der Waals surface area contributed by atoms with Gasteiger partial charge in [0, 0.05) is 11.1 Å². The molecule has 6 nitrogen and oxygen atoms in total. The Bertz CT molecular complexity index is 861. The number of nitrogens with zero attached hydrogens (tertiary/aromatic N) is 2. The fourth-order valence-electron chi connectivity index (χ4n) is 2.40. The van der Waals surface area contributed by atoms with Gasteiger partial charge in [-0.1, -0.05) is 39.0 Å². The van der Waals surface area contributed by atoms with Gasteiger partial charge < -0.3 is 9.47 Å². The summed E-state index contributed by atoms with van der Waals surface area (Å²) in [5.74, 6) is -1.60. The van der Waals surface area contributed by atoms with E-state index in [2.05, 4.69) is 25.8 Å². The lowest BCUT2D eigenvalue weighted by atomic mass is 9.86. The van der Waals surface area contributed by atoms with Crippen molar-refractivity contribution < 1.29 is 19.1 Å². The molecule has 0 radical (unpaired) electrons. The van der Waals surface area contributed by atoms with Crippen LogP contribution < -0.4 is 4.74 Å². The van der Waals surface area contributed by atoms with Gasteiger partial charge in [0.2, 0.25) is 0 Å². The third-order valence-electron chi connectivity index (χ3n) is 3.75. The van der Waals surface area contributed by atoms with Crippen LogP contribution in [-0.2, 0) is 19.7 Å². The maximum absolute atomic E-state index is 12.2. The van der Waals surface area contributed by atoms with Crippen molar-refractivity contribution >= 4 is 23.1 Å². The molecule has 2 aromatic rings. The molecule has 0 bridgehead atoms. The highest BCUT2D eigenvalue weighted by molar-refractivity contribution is 7.09. The first-order chi connectivity index (χ1) is 12.7. The minimum Gasteiger partial charge on any atom is -0.482 e. The Labute approximate surface area is 162 Å². The van der Waals surface area contributed by atoms with Crippen molar-refractivity contribution in [2.75, 3.05) is 13.2 Å². The fourth-order valence-corrected chi connectivity index (χ4v) is 3.26. The largest absolute Gasteiger partial charge is 0.482 e. The van der Waals surface area contributed by atoms with Gasteiger partial charge in [-0.2, -0.15) is 5.26 Å². The molecule has 0 N–H and O–H groups in total. The van der Waals surface area contributed by atoms with Crippen LogP contribution in [0.4, 0.5) is 0 Å². The highest BCUT2D eigenvalue weighted by Crippen LogP contribution is 2.30. The van der Waals surface area contributed by atoms with Crippen LogP contribution in [0.5, 0.6) is 5.75 Å². The first kappa shape index (κ1) is 20.6.